The zero-order chi connectivity index (χ0) is 40.4. The van der Waals surface area contributed by atoms with Gasteiger partial charge in [-0.05, 0) is 80.6 Å². The Bertz CT molecular complexity index is 2920. The average Bonchev–Trinajstić information content (AvgIpc) is 3.33. The molecule has 0 aliphatic carbocycles. The Balaban J connectivity index is 0.854. The highest BCUT2D eigenvalue weighted by atomic mass is 16.5. The lowest BCUT2D eigenvalue weighted by atomic mass is 10.0. The molecule has 0 radical (unpaired) electrons. The van der Waals surface area contributed by atoms with Crippen molar-refractivity contribution in [2.45, 2.75) is 0 Å². The van der Waals surface area contributed by atoms with Gasteiger partial charge in [0, 0.05) is 72.8 Å². The first-order valence-corrected chi connectivity index (χ1v) is 20.0. The summed E-state index contributed by atoms with van der Waals surface area (Å²) in [5.41, 5.74) is 10.9. The molecule has 0 saturated heterocycles. The number of fused-ring (bicyclic) bond motifs is 2. The fraction of sp³-hybridized carbons (Fsp3) is 0.0370. The Labute approximate surface area is 349 Å². The average molecular weight is 779 g/mol. The molecule has 0 amide bonds. The third-order valence-corrected chi connectivity index (χ3v) is 11.3. The maximum Gasteiger partial charge on any atom is 0.252 e. The zero-order valence-electron chi connectivity index (χ0n) is 33.4. The first-order valence-electron chi connectivity index (χ1n) is 20.0. The van der Waals surface area contributed by atoms with E-state index in [2.05, 4.69) is 238 Å². The second-order valence-corrected chi connectivity index (χ2v) is 14.7. The van der Waals surface area contributed by atoms with Crippen molar-refractivity contribution in [3.05, 3.63) is 219 Å². The van der Waals surface area contributed by atoms with E-state index in [-0.39, 0.29) is 0 Å². The maximum atomic E-state index is 5.95. The molecule has 6 aromatic carbocycles. The number of nitrogens with zero attached hydrogens (tertiary/aromatic N) is 4. The molecule has 10 aromatic rings. The molecule has 0 bridgehead atoms. The molecule has 4 heterocycles. The molecular formula is C54H42N4O2+4. The lowest BCUT2D eigenvalue weighted by molar-refractivity contribution is -0.596. The van der Waals surface area contributed by atoms with E-state index in [4.69, 9.17) is 9.47 Å². The SMILES string of the molecule is COc1cc(-c2ccc(-[n+]3ccc(-c4cc[n+](-c5cccc6ccccc56)cc4)cc3)c(OC)c2)ccc1-[n+]1ccc(-c2cc[n+](-c3cccc4ccccc34)cc2)cc1. The molecule has 6 nitrogen and oxygen atoms in total. The van der Waals surface area contributed by atoms with E-state index < -0.39 is 0 Å². The number of ether oxygens (including phenoxy) is 2. The summed E-state index contributed by atoms with van der Waals surface area (Å²) in [6.45, 7) is 0. The Hall–Kier alpha value is -7.96. The van der Waals surface area contributed by atoms with Crippen LogP contribution in [-0.2, 0) is 0 Å². The van der Waals surface area contributed by atoms with Crippen LogP contribution in [0.1, 0.15) is 0 Å². The van der Waals surface area contributed by atoms with Crippen LogP contribution in [0.15, 0.2) is 219 Å². The van der Waals surface area contributed by atoms with E-state index in [1.54, 1.807) is 14.2 Å². The minimum atomic E-state index is 0.776. The molecule has 0 spiro atoms. The van der Waals surface area contributed by atoms with Crippen molar-refractivity contribution in [3.63, 3.8) is 0 Å². The summed E-state index contributed by atoms with van der Waals surface area (Å²) in [4.78, 5) is 0. The number of benzene rings is 6. The molecule has 10 rings (SSSR count). The van der Waals surface area contributed by atoms with Gasteiger partial charge in [-0.2, -0.15) is 18.3 Å². The van der Waals surface area contributed by atoms with Gasteiger partial charge in [0.2, 0.25) is 11.4 Å². The first-order chi connectivity index (χ1) is 29.6. The van der Waals surface area contributed by atoms with Crippen LogP contribution in [0.2, 0.25) is 0 Å². The van der Waals surface area contributed by atoms with Crippen LogP contribution >= 0.6 is 0 Å². The van der Waals surface area contributed by atoms with Crippen LogP contribution in [0.5, 0.6) is 11.5 Å². The van der Waals surface area contributed by atoms with Crippen molar-refractivity contribution in [2.24, 2.45) is 0 Å². The van der Waals surface area contributed by atoms with Crippen molar-refractivity contribution < 1.29 is 27.7 Å². The quantitative estimate of drug-likeness (QED) is 0.137. The summed E-state index contributed by atoms with van der Waals surface area (Å²) in [6, 6.07) is 59.6. The smallest absolute Gasteiger partial charge is 0.252 e. The molecule has 286 valence electrons. The Kier molecular flexibility index (Phi) is 9.56. The molecule has 0 aliphatic rings. The van der Waals surface area contributed by atoms with E-state index in [1.165, 1.54) is 21.5 Å². The second kappa shape index (κ2) is 15.8. The van der Waals surface area contributed by atoms with Gasteiger partial charge in [-0.3, -0.25) is 0 Å². The van der Waals surface area contributed by atoms with Crippen molar-refractivity contribution in [1.29, 1.82) is 0 Å². The van der Waals surface area contributed by atoms with E-state index in [0.717, 1.165) is 67.6 Å². The van der Waals surface area contributed by atoms with Crippen molar-refractivity contribution in [3.8, 4) is 67.6 Å². The summed E-state index contributed by atoms with van der Waals surface area (Å²) in [6.07, 6.45) is 16.8. The highest BCUT2D eigenvalue weighted by Gasteiger charge is 2.20. The van der Waals surface area contributed by atoms with E-state index >= 15 is 0 Å². The lowest BCUT2D eigenvalue weighted by Crippen LogP contribution is -2.30. The molecule has 4 aromatic heterocycles. The Morgan fingerprint density at radius 2 is 0.600 bits per heavy atom. The van der Waals surface area contributed by atoms with E-state index in [9.17, 15) is 0 Å². The van der Waals surface area contributed by atoms with Crippen molar-refractivity contribution in [2.75, 3.05) is 14.2 Å². The molecule has 6 heteroatoms. The monoisotopic (exact) mass is 778 g/mol. The predicted octanol–water partition coefficient (Wildman–Crippen LogP) is 10.1. The van der Waals surface area contributed by atoms with E-state index in [0.29, 0.717) is 0 Å². The predicted molar refractivity (Wildman–Crippen MR) is 237 cm³/mol. The fourth-order valence-corrected chi connectivity index (χ4v) is 8.13. The summed E-state index contributed by atoms with van der Waals surface area (Å²) in [5, 5.41) is 4.91. The van der Waals surface area contributed by atoms with Gasteiger partial charge in [-0.15, -0.1) is 0 Å². The Morgan fingerprint density at radius 3 is 0.950 bits per heavy atom. The topological polar surface area (TPSA) is 34.0 Å². The minimum Gasteiger partial charge on any atom is -0.490 e. The van der Waals surface area contributed by atoms with Gasteiger partial charge in [0.1, 0.15) is 0 Å². The third kappa shape index (κ3) is 6.90. The van der Waals surface area contributed by atoms with Crippen LogP contribution in [-0.4, -0.2) is 14.2 Å². The van der Waals surface area contributed by atoms with Gasteiger partial charge in [0.25, 0.3) is 11.4 Å². The van der Waals surface area contributed by atoms with Crippen molar-refractivity contribution in [1.82, 2.24) is 0 Å². The van der Waals surface area contributed by atoms with Gasteiger partial charge in [-0.25, -0.2) is 0 Å². The first kappa shape index (κ1) is 36.4. The highest BCUT2D eigenvalue weighted by Crippen LogP contribution is 2.32. The summed E-state index contributed by atoms with van der Waals surface area (Å²) >= 11 is 0. The second-order valence-electron chi connectivity index (χ2n) is 14.7. The third-order valence-electron chi connectivity index (χ3n) is 11.3. The maximum absolute atomic E-state index is 5.95. The van der Waals surface area contributed by atoms with E-state index in [1.807, 2.05) is 0 Å². The van der Waals surface area contributed by atoms with Gasteiger partial charge < -0.3 is 9.47 Å². The van der Waals surface area contributed by atoms with Gasteiger partial charge in [0.05, 0.1) is 25.0 Å². The molecular weight excluding hydrogens is 737 g/mol. The van der Waals surface area contributed by atoms with Crippen LogP contribution in [0.25, 0.3) is 77.7 Å². The lowest BCUT2D eigenvalue weighted by Gasteiger charge is -2.10. The van der Waals surface area contributed by atoms with Crippen LogP contribution < -0.4 is 27.7 Å². The molecule has 0 unspecified atom stereocenters. The van der Waals surface area contributed by atoms with Crippen LogP contribution in [0.4, 0.5) is 0 Å². The van der Waals surface area contributed by atoms with Crippen molar-refractivity contribution >= 4 is 21.5 Å². The number of pyridine rings is 4. The number of aromatic nitrogens is 4. The number of hydrogen-bond donors (Lipinski definition) is 0. The number of rotatable bonds is 9. The largest absolute Gasteiger partial charge is 0.490 e. The molecule has 0 atom stereocenters. The van der Waals surface area contributed by atoms with Gasteiger partial charge in [-0.1, -0.05) is 60.7 Å². The molecule has 0 fully saturated rings. The standard InChI is InChI=1S/C54H42N4O2/c1-59-53-37-45(17-19-51(53)57-33-25-41(26-34-57)39-21-29-55(30-22-39)49-15-7-11-43-9-3-5-13-47(43)49)46-18-20-52(54(38-46)60-2)58-35-27-42(28-36-58)40-23-31-56(32-24-40)50-16-8-12-44-10-4-6-14-48(44)50/h3-38H,1-2H3/q+4. The summed E-state index contributed by atoms with van der Waals surface area (Å²) < 4.78 is 20.4. The molecule has 60 heavy (non-hydrogen) atoms. The summed E-state index contributed by atoms with van der Waals surface area (Å²) in [7, 11) is 3.43. The van der Waals surface area contributed by atoms with Gasteiger partial charge >= 0.3 is 0 Å². The Morgan fingerprint density at radius 1 is 0.283 bits per heavy atom. The number of hydrogen-bond acceptors (Lipinski definition) is 2. The number of methoxy groups -OCH3 is 2. The van der Waals surface area contributed by atoms with Crippen LogP contribution in [0.3, 0.4) is 0 Å². The summed E-state index contributed by atoms with van der Waals surface area (Å²) in [5.74, 6) is 1.55. The molecule has 0 saturated carbocycles. The normalized spacial score (nSPS) is 11.2. The molecule has 0 N–H and O–H groups in total. The van der Waals surface area contributed by atoms with Gasteiger partial charge in [0.15, 0.2) is 61.1 Å². The molecule has 0 aliphatic heterocycles. The minimum absolute atomic E-state index is 0.776. The van der Waals surface area contributed by atoms with Crippen LogP contribution in [0, 0.1) is 0 Å². The highest BCUT2D eigenvalue weighted by molar-refractivity contribution is 5.89. The fourth-order valence-electron chi connectivity index (χ4n) is 8.13. The zero-order valence-corrected chi connectivity index (χ0v) is 33.4.